The summed E-state index contributed by atoms with van der Waals surface area (Å²) in [5, 5.41) is 2.75. The Morgan fingerprint density at radius 3 is 2.10 bits per heavy atom. The first-order valence-electron chi connectivity index (χ1n) is 8.93. The number of benzene rings is 3. The molecular weight excluding hydrogens is 468 g/mol. The first-order chi connectivity index (χ1) is 14.2. The smallest absolute Gasteiger partial charge is 0.255 e. The molecule has 0 spiro atoms. The molecule has 3 aromatic carbocycles. The van der Waals surface area contributed by atoms with E-state index in [1.807, 2.05) is 6.07 Å². The first-order valence-corrected chi connectivity index (χ1v) is 11.2. The van der Waals surface area contributed by atoms with E-state index in [2.05, 4.69) is 21.2 Å². The van der Waals surface area contributed by atoms with Gasteiger partial charge in [0.25, 0.3) is 5.91 Å². The Bertz CT molecular complexity index is 1190. The van der Waals surface area contributed by atoms with Crippen LogP contribution in [0.3, 0.4) is 0 Å². The maximum absolute atomic E-state index is 12.9. The van der Waals surface area contributed by atoms with Crippen molar-refractivity contribution < 1.29 is 18.0 Å². The lowest BCUT2D eigenvalue weighted by molar-refractivity contribution is 0.102. The van der Waals surface area contributed by atoms with Crippen molar-refractivity contribution >= 4 is 43.3 Å². The molecule has 0 radical (unpaired) electrons. The third kappa shape index (κ3) is 4.67. The average molecular weight is 487 g/mol. The number of carbonyl (C=O) groups is 2. The van der Waals surface area contributed by atoms with Crippen LogP contribution in [-0.2, 0) is 10.0 Å². The highest BCUT2D eigenvalue weighted by molar-refractivity contribution is 9.10. The van der Waals surface area contributed by atoms with Crippen LogP contribution >= 0.6 is 15.9 Å². The molecule has 0 heterocycles. The molecule has 0 aromatic heterocycles. The zero-order valence-corrected chi connectivity index (χ0v) is 18.7. The van der Waals surface area contributed by atoms with Crippen molar-refractivity contribution in [2.45, 2.75) is 4.90 Å². The predicted molar refractivity (Wildman–Crippen MR) is 119 cm³/mol. The zero-order valence-electron chi connectivity index (χ0n) is 16.3. The highest BCUT2D eigenvalue weighted by Gasteiger charge is 2.19. The average Bonchev–Trinajstić information content (AvgIpc) is 2.75. The molecule has 1 N–H and O–H groups in total. The van der Waals surface area contributed by atoms with Crippen LogP contribution in [0.1, 0.15) is 26.3 Å². The van der Waals surface area contributed by atoms with Crippen molar-refractivity contribution in [3.8, 4) is 0 Å². The minimum atomic E-state index is -3.58. The van der Waals surface area contributed by atoms with Gasteiger partial charge in [-0.3, -0.25) is 9.59 Å². The number of hydrogen-bond acceptors (Lipinski definition) is 4. The van der Waals surface area contributed by atoms with E-state index < -0.39 is 15.9 Å². The minimum absolute atomic E-state index is 0.0904. The normalized spacial score (nSPS) is 11.3. The highest BCUT2D eigenvalue weighted by Crippen LogP contribution is 2.25. The standard InChI is InChI=1S/C22H19BrN2O4S/c1-25(2)30(28,29)18-11-8-16(9-12-18)22(27)24-20-13-10-17(23)14-19(20)21(26)15-6-4-3-5-7-15/h3-14H,1-2H3,(H,24,27). The second kappa shape index (κ2) is 8.91. The third-order valence-electron chi connectivity index (χ3n) is 4.41. The van der Waals surface area contributed by atoms with Crippen LogP contribution in [0.5, 0.6) is 0 Å². The maximum Gasteiger partial charge on any atom is 0.255 e. The molecule has 154 valence electrons. The Morgan fingerprint density at radius 1 is 0.867 bits per heavy atom. The number of amides is 1. The molecule has 0 fully saturated rings. The van der Waals surface area contributed by atoms with E-state index in [-0.39, 0.29) is 16.2 Å². The molecule has 0 atom stereocenters. The van der Waals surface area contributed by atoms with E-state index in [9.17, 15) is 18.0 Å². The molecule has 3 rings (SSSR count). The highest BCUT2D eigenvalue weighted by atomic mass is 79.9. The maximum atomic E-state index is 12.9. The molecule has 0 aliphatic rings. The molecule has 30 heavy (non-hydrogen) atoms. The molecule has 6 nitrogen and oxygen atoms in total. The van der Waals surface area contributed by atoms with Crippen LogP contribution in [0.2, 0.25) is 0 Å². The summed E-state index contributed by atoms with van der Waals surface area (Å²) in [5.74, 6) is -0.673. The van der Waals surface area contributed by atoms with Crippen molar-refractivity contribution in [2.24, 2.45) is 0 Å². The van der Waals surface area contributed by atoms with Crippen molar-refractivity contribution in [3.05, 3.63) is 94.0 Å². The van der Waals surface area contributed by atoms with E-state index >= 15 is 0 Å². The van der Waals surface area contributed by atoms with Crippen LogP contribution in [-0.4, -0.2) is 38.5 Å². The number of ketones is 1. The van der Waals surface area contributed by atoms with E-state index in [0.29, 0.717) is 21.3 Å². The van der Waals surface area contributed by atoms with Gasteiger partial charge in [0.2, 0.25) is 10.0 Å². The lowest BCUT2D eigenvalue weighted by atomic mass is 10.0. The summed E-state index contributed by atoms with van der Waals surface area (Å²) >= 11 is 3.36. The summed E-state index contributed by atoms with van der Waals surface area (Å²) in [4.78, 5) is 25.7. The van der Waals surface area contributed by atoms with Crippen molar-refractivity contribution in [2.75, 3.05) is 19.4 Å². The number of nitrogens with one attached hydrogen (secondary N) is 1. The van der Waals surface area contributed by atoms with Gasteiger partial charge in [-0.15, -0.1) is 0 Å². The Labute approximate surface area is 183 Å². The van der Waals surface area contributed by atoms with E-state index in [1.54, 1.807) is 42.5 Å². The van der Waals surface area contributed by atoms with E-state index in [1.165, 1.54) is 38.4 Å². The van der Waals surface area contributed by atoms with Gasteiger partial charge >= 0.3 is 0 Å². The van der Waals surface area contributed by atoms with Crippen molar-refractivity contribution in [1.82, 2.24) is 4.31 Å². The molecule has 8 heteroatoms. The molecule has 0 saturated heterocycles. The van der Waals surface area contributed by atoms with Gasteiger partial charge in [0.15, 0.2) is 5.78 Å². The molecule has 0 unspecified atom stereocenters. The fraction of sp³-hybridized carbons (Fsp3) is 0.0909. The quantitative estimate of drug-likeness (QED) is 0.529. The molecule has 0 aliphatic heterocycles. The van der Waals surface area contributed by atoms with Gasteiger partial charge in [-0.1, -0.05) is 46.3 Å². The zero-order chi connectivity index (χ0) is 21.9. The Hall–Kier alpha value is -2.81. The monoisotopic (exact) mass is 486 g/mol. The Morgan fingerprint density at radius 2 is 1.50 bits per heavy atom. The summed E-state index contributed by atoms with van der Waals surface area (Å²) in [6, 6.07) is 19.4. The summed E-state index contributed by atoms with van der Waals surface area (Å²) < 4.78 is 26.2. The molecule has 1 amide bonds. The van der Waals surface area contributed by atoms with Crippen LogP contribution in [0.15, 0.2) is 82.2 Å². The fourth-order valence-corrected chi connectivity index (χ4v) is 4.00. The predicted octanol–water partition coefficient (Wildman–Crippen LogP) is 4.18. The summed E-state index contributed by atoms with van der Waals surface area (Å²) in [7, 11) is -0.701. The van der Waals surface area contributed by atoms with Crippen molar-refractivity contribution in [3.63, 3.8) is 0 Å². The Balaban J connectivity index is 1.88. The molecule has 3 aromatic rings. The molecule has 0 saturated carbocycles. The molecule has 0 aliphatic carbocycles. The van der Waals surface area contributed by atoms with E-state index in [0.717, 1.165) is 4.31 Å². The number of anilines is 1. The van der Waals surface area contributed by atoms with Gasteiger partial charge in [-0.05, 0) is 42.5 Å². The third-order valence-corrected chi connectivity index (χ3v) is 6.73. The summed E-state index contributed by atoms with van der Waals surface area (Å²) in [6.07, 6.45) is 0. The van der Waals surface area contributed by atoms with Crippen LogP contribution in [0.4, 0.5) is 5.69 Å². The van der Waals surface area contributed by atoms with Crippen LogP contribution in [0.25, 0.3) is 0 Å². The van der Waals surface area contributed by atoms with Gasteiger partial charge in [0.05, 0.1) is 10.6 Å². The first kappa shape index (κ1) is 21.9. The number of carbonyl (C=O) groups excluding carboxylic acids is 2. The number of rotatable bonds is 6. The SMILES string of the molecule is CN(C)S(=O)(=O)c1ccc(C(=O)Nc2ccc(Br)cc2C(=O)c2ccccc2)cc1. The minimum Gasteiger partial charge on any atom is -0.321 e. The summed E-state index contributed by atoms with van der Waals surface area (Å²) in [6.45, 7) is 0. The van der Waals surface area contributed by atoms with Crippen LogP contribution < -0.4 is 5.32 Å². The van der Waals surface area contributed by atoms with Gasteiger partial charge in [-0.25, -0.2) is 12.7 Å². The number of halogens is 1. The van der Waals surface area contributed by atoms with E-state index in [4.69, 9.17) is 0 Å². The molecule has 0 bridgehead atoms. The number of nitrogens with zero attached hydrogens (tertiary/aromatic N) is 1. The number of sulfonamides is 1. The summed E-state index contributed by atoms with van der Waals surface area (Å²) in [5.41, 5.74) is 1.48. The van der Waals surface area contributed by atoms with Gasteiger partial charge in [0, 0.05) is 35.3 Å². The Kier molecular flexibility index (Phi) is 6.50. The lowest BCUT2D eigenvalue weighted by Crippen LogP contribution is -2.22. The fourth-order valence-electron chi connectivity index (χ4n) is 2.74. The number of hydrogen-bond donors (Lipinski definition) is 1. The second-order valence-electron chi connectivity index (χ2n) is 6.65. The van der Waals surface area contributed by atoms with Gasteiger partial charge in [0.1, 0.15) is 0 Å². The van der Waals surface area contributed by atoms with Crippen LogP contribution in [0, 0.1) is 0 Å². The lowest BCUT2D eigenvalue weighted by Gasteiger charge is -2.13. The largest absolute Gasteiger partial charge is 0.321 e. The van der Waals surface area contributed by atoms with Crippen molar-refractivity contribution in [1.29, 1.82) is 0 Å². The molecular formula is C22H19BrN2O4S. The van der Waals surface area contributed by atoms with Gasteiger partial charge in [-0.2, -0.15) is 0 Å². The second-order valence-corrected chi connectivity index (χ2v) is 9.72. The van der Waals surface area contributed by atoms with Gasteiger partial charge < -0.3 is 5.32 Å². The topological polar surface area (TPSA) is 83.6 Å².